The van der Waals surface area contributed by atoms with E-state index in [0.29, 0.717) is 24.6 Å². The topological polar surface area (TPSA) is 78.7 Å². The molecule has 0 radical (unpaired) electrons. The van der Waals surface area contributed by atoms with Crippen molar-refractivity contribution in [2.75, 3.05) is 26.0 Å². The van der Waals surface area contributed by atoms with E-state index in [2.05, 4.69) is 32.7 Å². The van der Waals surface area contributed by atoms with Crippen molar-refractivity contribution in [2.24, 2.45) is 5.92 Å². The Morgan fingerprint density at radius 3 is 2.68 bits per heavy atom. The Bertz CT molecular complexity index is 1090. The Balaban J connectivity index is 0.00000253. The summed E-state index contributed by atoms with van der Waals surface area (Å²) in [6.07, 6.45) is 9.96. The number of fused-ring (bicyclic) bond motifs is 2. The number of amides is 1. The van der Waals surface area contributed by atoms with Crippen molar-refractivity contribution in [3.8, 4) is 0 Å². The van der Waals surface area contributed by atoms with Crippen molar-refractivity contribution in [3.63, 3.8) is 0 Å². The minimum absolute atomic E-state index is 0. The van der Waals surface area contributed by atoms with Crippen molar-refractivity contribution < 1.29 is 19.4 Å². The molecule has 1 N–H and O–H groups in total. The number of carbonyl (C=O) groups excluding carboxylic acids is 1. The molecule has 5 aliphatic rings. The zero-order valence-electron chi connectivity index (χ0n) is 20.3. The summed E-state index contributed by atoms with van der Waals surface area (Å²) >= 11 is 0. The molecule has 6 rings (SSSR count). The van der Waals surface area contributed by atoms with Gasteiger partial charge in [-0.15, -0.1) is 0 Å². The van der Waals surface area contributed by atoms with E-state index in [1.165, 1.54) is 24.7 Å². The average molecular weight is 490 g/mol. The number of ether oxygens (including phenoxy) is 1. The van der Waals surface area contributed by atoms with Crippen LogP contribution in [0.1, 0.15) is 76.9 Å². The summed E-state index contributed by atoms with van der Waals surface area (Å²) in [4.78, 5) is 17.3. The van der Waals surface area contributed by atoms with Gasteiger partial charge in [0.1, 0.15) is 0 Å². The van der Waals surface area contributed by atoms with Gasteiger partial charge < -0.3 is 9.64 Å². The fraction of sp³-hybridized carbons (Fsp3) is 0.731. The maximum Gasteiger partial charge on any atom is 0.410 e. The van der Waals surface area contributed by atoms with Crippen molar-refractivity contribution in [3.05, 3.63) is 35.4 Å². The summed E-state index contributed by atoms with van der Waals surface area (Å²) in [5, 5.41) is 0. The van der Waals surface area contributed by atoms with Crippen molar-refractivity contribution in [2.45, 2.75) is 87.4 Å². The van der Waals surface area contributed by atoms with E-state index in [4.69, 9.17) is 4.74 Å². The number of rotatable bonds is 4. The molecule has 2 aliphatic heterocycles. The Labute approximate surface area is 204 Å². The van der Waals surface area contributed by atoms with Gasteiger partial charge in [-0.3, -0.25) is 4.90 Å². The van der Waals surface area contributed by atoms with Gasteiger partial charge in [0.25, 0.3) is 0 Å². The Morgan fingerprint density at radius 1 is 1.18 bits per heavy atom. The predicted octanol–water partition coefficient (Wildman–Crippen LogP) is 3.80. The average Bonchev–Trinajstić information content (AvgIpc) is 3.07. The highest BCUT2D eigenvalue weighted by atomic mass is 32.2. The van der Waals surface area contributed by atoms with Crippen molar-refractivity contribution >= 4 is 16.1 Å². The first kappa shape index (κ1) is 22.8. The number of hydrogen-bond donors (Lipinski definition) is 1. The van der Waals surface area contributed by atoms with Crippen LogP contribution in [0, 0.1) is 5.92 Å². The molecule has 4 unspecified atom stereocenters. The molecule has 34 heavy (non-hydrogen) atoms. The summed E-state index contributed by atoms with van der Waals surface area (Å²) in [5.74, 6) is 0.626. The molecule has 0 bridgehead atoms. The molecule has 2 saturated heterocycles. The third-order valence-corrected chi connectivity index (χ3v) is 10.5. The van der Waals surface area contributed by atoms with Gasteiger partial charge in [-0.25, -0.2) is 17.9 Å². The maximum atomic E-state index is 12.5. The molecule has 1 amide bonds. The fourth-order valence-electron chi connectivity index (χ4n) is 8.36. The quantitative estimate of drug-likeness (QED) is 0.651. The fourth-order valence-corrected chi connectivity index (χ4v) is 9.12. The van der Waals surface area contributed by atoms with Gasteiger partial charge in [-0.05, 0) is 93.8 Å². The lowest BCUT2D eigenvalue weighted by Crippen LogP contribution is -2.49. The summed E-state index contributed by atoms with van der Waals surface area (Å²) in [5.41, 5.74) is 2.73. The lowest BCUT2D eigenvalue weighted by atomic mass is 9.63. The largest absolute Gasteiger partial charge is 0.450 e. The third kappa shape index (κ3) is 3.43. The lowest BCUT2D eigenvalue weighted by molar-refractivity contribution is 0.1000. The first-order valence-corrected chi connectivity index (χ1v) is 14.9. The van der Waals surface area contributed by atoms with E-state index < -0.39 is 10.0 Å². The van der Waals surface area contributed by atoms with Crippen LogP contribution >= 0.6 is 0 Å². The first-order valence-electron chi connectivity index (χ1n) is 13.0. The summed E-state index contributed by atoms with van der Waals surface area (Å²) in [6, 6.07) is 9.31. The van der Waals surface area contributed by atoms with E-state index in [1.54, 1.807) is 0 Å². The Hall–Kier alpha value is -1.64. The molecular formula is C26H39N3O4S. The van der Waals surface area contributed by atoms with Crippen LogP contribution in [0.3, 0.4) is 0 Å². The van der Waals surface area contributed by atoms with Crippen molar-refractivity contribution in [1.29, 1.82) is 0 Å². The number of sulfonamides is 1. The second-order valence-electron chi connectivity index (χ2n) is 11.3. The predicted molar refractivity (Wildman–Crippen MR) is 132 cm³/mol. The van der Waals surface area contributed by atoms with E-state index >= 15 is 0 Å². The molecule has 188 valence electrons. The highest BCUT2D eigenvalue weighted by Gasteiger charge is 2.75. The number of carbonyl (C=O) groups is 1. The van der Waals surface area contributed by atoms with Crippen LogP contribution in [0.2, 0.25) is 0 Å². The van der Waals surface area contributed by atoms with Gasteiger partial charge in [-0.2, -0.15) is 0 Å². The number of piperidine rings is 2. The molecule has 5 atom stereocenters. The summed E-state index contributed by atoms with van der Waals surface area (Å²) in [6.45, 7) is 4.49. The lowest BCUT2D eigenvalue weighted by Gasteiger charge is -2.48. The van der Waals surface area contributed by atoms with Gasteiger partial charge in [0.05, 0.1) is 24.4 Å². The van der Waals surface area contributed by atoms with Crippen LogP contribution in [0.25, 0.3) is 0 Å². The summed E-state index contributed by atoms with van der Waals surface area (Å²) < 4.78 is 32.1. The van der Waals surface area contributed by atoms with E-state index in [9.17, 15) is 13.2 Å². The standard InChI is InChI=1S/C26H37N3O4S.H2/c1-3-33-24(30)29-23-9-8-18-16-19(17-26(18,23)29)28-14-12-25(13-15-28)11-10-22(27-34(2,31)32)20-6-4-5-7-21(20)25;/h4-7,18-19,22-23,27H,3,8-17H2,1-2H3;1H/t18?,19?,22-,23?,26?,29?;/m0./s1. The molecule has 0 aromatic heterocycles. The van der Waals surface area contributed by atoms with Gasteiger partial charge in [0.15, 0.2) is 0 Å². The molecule has 2 heterocycles. The minimum atomic E-state index is -3.25. The minimum Gasteiger partial charge on any atom is -0.450 e. The zero-order valence-corrected chi connectivity index (χ0v) is 21.1. The maximum absolute atomic E-state index is 12.5. The Kier molecular flexibility index (Phi) is 5.32. The van der Waals surface area contributed by atoms with E-state index in [1.807, 2.05) is 13.0 Å². The van der Waals surface area contributed by atoms with Crippen LogP contribution in [-0.2, 0) is 20.2 Å². The molecule has 1 aromatic carbocycles. The number of benzene rings is 1. The highest BCUT2D eigenvalue weighted by molar-refractivity contribution is 7.88. The molecule has 1 aromatic rings. The number of likely N-dealkylation sites (tertiary alicyclic amines) is 2. The number of nitrogens with zero attached hydrogens (tertiary/aromatic N) is 2. The molecule has 3 aliphatic carbocycles. The second kappa shape index (κ2) is 7.93. The van der Waals surface area contributed by atoms with Gasteiger partial charge in [-0.1, -0.05) is 24.3 Å². The second-order valence-corrected chi connectivity index (χ2v) is 13.1. The normalized spacial score (nSPS) is 36.1. The van der Waals surface area contributed by atoms with Crippen LogP contribution in [0.5, 0.6) is 0 Å². The van der Waals surface area contributed by atoms with E-state index in [-0.39, 0.29) is 24.5 Å². The van der Waals surface area contributed by atoms with Crippen LogP contribution in [-0.4, -0.2) is 67.9 Å². The molecular weight excluding hydrogens is 450 g/mol. The number of hydrogen-bond acceptors (Lipinski definition) is 5. The van der Waals surface area contributed by atoms with Crippen LogP contribution in [0.4, 0.5) is 4.79 Å². The van der Waals surface area contributed by atoms with Gasteiger partial charge in [0, 0.05) is 13.5 Å². The number of nitrogens with one attached hydrogen (secondary N) is 1. The van der Waals surface area contributed by atoms with Crippen LogP contribution in [0.15, 0.2) is 24.3 Å². The van der Waals surface area contributed by atoms with Crippen LogP contribution < -0.4 is 4.72 Å². The van der Waals surface area contributed by atoms with Crippen molar-refractivity contribution in [1.82, 2.24) is 14.5 Å². The van der Waals surface area contributed by atoms with Gasteiger partial charge in [0.2, 0.25) is 10.0 Å². The highest BCUT2D eigenvalue weighted by Crippen LogP contribution is 2.65. The molecule has 7 nitrogen and oxygen atoms in total. The SMILES string of the molecule is CCOC(=O)N1C2CCC3CC(N4CCC5(CC[C@H](NS(C)(=O)=O)c6ccccc65)CC4)CC321.[HH]. The monoisotopic (exact) mass is 489 g/mol. The molecule has 2 spiro atoms. The zero-order chi connectivity index (χ0) is 23.7. The molecule has 2 saturated carbocycles. The smallest absolute Gasteiger partial charge is 0.410 e. The summed E-state index contributed by atoms with van der Waals surface area (Å²) in [7, 11) is -3.25. The molecule has 8 heteroatoms. The molecule has 4 fully saturated rings. The first-order chi connectivity index (χ1) is 16.3. The van der Waals surface area contributed by atoms with Gasteiger partial charge >= 0.3 is 6.09 Å². The third-order valence-electron chi connectivity index (χ3n) is 9.80. The van der Waals surface area contributed by atoms with E-state index in [0.717, 1.165) is 57.2 Å². The Morgan fingerprint density at radius 2 is 1.94 bits per heavy atom.